The summed E-state index contributed by atoms with van der Waals surface area (Å²) in [4.78, 5) is 12.6. The topological polar surface area (TPSA) is 105 Å². The predicted molar refractivity (Wildman–Crippen MR) is 79.3 cm³/mol. The molecular formula is C14H16FN5O3. The van der Waals surface area contributed by atoms with Gasteiger partial charge in [0.25, 0.3) is 0 Å². The molecule has 0 spiro atoms. The molecule has 0 amide bonds. The van der Waals surface area contributed by atoms with E-state index in [-0.39, 0.29) is 0 Å². The molecule has 1 saturated heterocycles. The van der Waals surface area contributed by atoms with Crippen LogP contribution in [0.3, 0.4) is 0 Å². The van der Waals surface area contributed by atoms with E-state index in [0.717, 1.165) is 0 Å². The summed E-state index contributed by atoms with van der Waals surface area (Å²) in [5.41, 5.74) is -1.78. The molecule has 0 unspecified atom stereocenters. The van der Waals surface area contributed by atoms with E-state index in [2.05, 4.69) is 20.3 Å². The maximum atomic E-state index is 15.1. The van der Waals surface area contributed by atoms with Gasteiger partial charge in [0.15, 0.2) is 23.2 Å². The summed E-state index contributed by atoms with van der Waals surface area (Å²) in [6.07, 6.45) is 2.45. The number of rotatable bonds is 3. The number of aliphatic hydroxyl groups excluding tert-OH is 2. The Morgan fingerprint density at radius 3 is 2.91 bits per heavy atom. The minimum absolute atomic E-state index is 0.315. The molecule has 0 bridgehead atoms. The Hall–Kier alpha value is -2.28. The molecule has 0 radical (unpaired) electrons. The number of halogens is 1. The number of ether oxygens (including phenoxy) is 1. The second-order valence-corrected chi connectivity index (χ2v) is 5.26. The Kier molecular flexibility index (Phi) is 3.68. The highest BCUT2D eigenvalue weighted by Gasteiger charge is 2.57. The zero-order valence-electron chi connectivity index (χ0n) is 12.6. The Balaban J connectivity index is 2.17. The van der Waals surface area contributed by atoms with Gasteiger partial charge in [-0.05, 0) is 6.92 Å². The zero-order chi connectivity index (χ0) is 16.8. The molecule has 3 heterocycles. The average molecular weight is 321 g/mol. The van der Waals surface area contributed by atoms with Crippen molar-refractivity contribution in [3.05, 3.63) is 12.2 Å². The predicted octanol–water partition coefficient (Wildman–Crippen LogP) is -0.231. The fourth-order valence-electron chi connectivity index (χ4n) is 2.69. The first kappa shape index (κ1) is 15.6. The van der Waals surface area contributed by atoms with Gasteiger partial charge in [-0.2, -0.15) is 0 Å². The number of alkyl halides is 1. The lowest BCUT2D eigenvalue weighted by molar-refractivity contribution is -0.0504. The summed E-state index contributed by atoms with van der Waals surface area (Å²) < 4.78 is 21.8. The largest absolute Gasteiger partial charge is 0.394 e. The number of nitrogens with one attached hydrogen (secondary N) is 1. The zero-order valence-corrected chi connectivity index (χ0v) is 12.6. The first-order valence-electron chi connectivity index (χ1n) is 6.96. The third-order valence-corrected chi connectivity index (χ3v) is 3.87. The van der Waals surface area contributed by atoms with Crippen molar-refractivity contribution in [2.24, 2.45) is 0 Å². The summed E-state index contributed by atoms with van der Waals surface area (Å²) in [5.74, 6) is 2.87. The maximum absolute atomic E-state index is 15.1. The van der Waals surface area contributed by atoms with Gasteiger partial charge < -0.3 is 20.3 Å². The third-order valence-electron chi connectivity index (χ3n) is 3.87. The minimum atomic E-state index is -2.51. The molecule has 23 heavy (non-hydrogen) atoms. The minimum Gasteiger partial charge on any atom is -0.394 e. The lowest BCUT2D eigenvalue weighted by Gasteiger charge is -2.23. The maximum Gasteiger partial charge on any atom is 0.243 e. The first-order valence-corrected chi connectivity index (χ1v) is 6.96. The number of terminal acetylenes is 1. The summed E-state index contributed by atoms with van der Waals surface area (Å²) in [6, 6.07) is 0. The number of hydrogen-bond donors (Lipinski definition) is 3. The van der Waals surface area contributed by atoms with Gasteiger partial charge in [0, 0.05) is 7.05 Å². The summed E-state index contributed by atoms with van der Waals surface area (Å²) in [7, 11) is 1.68. The smallest absolute Gasteiger partial charge is 0.243 e. The van der Waals surface area contributed by atoms with Crippen LogP contribution in [-0.4, -0.2) is 61.3 Å². The summed E-state index contributed by atoms with van der Waals surface area (Å²) >= 11 is 0. The summed E-state index contributed by atoms with van der Waals surface area (Å²) in [6.45, 7) is 1.12. The van der Waals surface area contributed by atoms with Gasteiger partial charge in [0.1, 0.15) is 18.0 Å². The quantitative estimate of drug-likeness (QED) is 0.671. The molecular weight excluding hydrogens is 305 g/mol. The van der Waals surface area contributed by atoms with Crippen LogP contribution < -0.4 is 5.32 Å². The molecule has 0 aliphatic carbocycles. The van der Waals surface area contributed by atoms with Gasteiger partial charge in [-0.1, -0.05) is 5.92 Å². The molecule has 4 atom stereocenters. The van der Waals surface area contributed by atoms with Crippen LogP contribution in [0.2, 0.25) is 0 Å². The van der Waals surface area contributed by atoms with Crippen molar-refractivity contribution in [3.63, 3.8) is 0 Å². The van der Waals surface area contributed by atoms with Crippen LogP contribution in [0.1, 0.15) is 12.1 Å². The standard InChI is InChI=1S/C14H16FN5O3/c1-4-14(15)10(22)8(5-21)23-13(14)20-6-17-9-11(16-3)18-7(2)19-12(9)20/h1,6,8,10,13,21-22H,5H2,2-3H3,(H,16,18,19)/t8-,10-,13-,14-/m1/s1. The van der Waals surface area contributed by atoms with Crippen molar-refractivity contribution in [2.45, 2.75) is 31.0 Å². The molecule has 8 nitrogen and oxygen atoms in total. The molecule has 1 aliphatic heterocycles. The van der Waals surface area contributed by atoms with Gasteiger partial charge in [-0.15, -0.1) is 6.42 Å². The van der Waals surface area contributed by atoms with E-state index in [0.29, 0.717) is 22.8 Å². The number of imidazole rings is 1. The lowest BCUT2D eigenvalue weighted by Crippen LogP contribution is -2.42. The van der Waals surface area contributed by atoms with Gasteiger partial charge in [-0.25, -0.2) is 19.3 Å². The Morgan fingerprint density at radius 2 is 2.30 bits per heavy atom. The van der Waals surface area contributed by atoms with E-state index < -0.39 is 30.7 Å². The molecule has 2 aromatic rings. The van der Waals surface area contributed by atoms with Crippen LogP contribution in [-0.2, 0) is 4.74 Å². The number of nitrogens with zero attached hydrogens (tertiary/aromatic N) is 4. The molecule has 122 valence electrons. The number of aryl methyl sites for hydroxylation is 1. The van der Waals surface area contributed by atoms with Gasteiger partial charge in [-0.3, -0.25) is 4.57 Å². The van der Waals surface area contributed by atoms with Crippen molar-refractivity contribution < 1.29 is 19.3 Å². The van der Waals surface area contributed by atoms with Crippen LogP contribution in [0.4, 0.5) is 10.2 Å². The molecule has 1 fully saturated rings. The highest BCUT2D eigenvalue weighted by atomic mass is 19.1. The van der Waals surface area contributed by atoms with Gasteiger partial charge in [0.2, 0.25) is 5.67 Å². The van der Waals surface area contributed by atoms with Crippen LogP contribution in [0.15, 0.2) is 6.33 Å². The third kappa shape index (κ3) is 2.15. The van der Waals surface area contributed by atoms with Crippen molar-refractivity contribution in [3.8, 4) is 12.3 Å². The van der Waals surface area contributed by atoms with Crippen molar-refractivity contribution in [1.29, 1.82) is 0 Å². The molecule has 3 rings (SSSR count). The summed E-state index contributed by atoms with van der Waals surface area (Å²) in [5, 5.41) is 22.1. The van der Waals surface area contributed by atoms with Crippen molar-refractivity contribution >= 4 is 17.0 Å². The van der Waals surface area contributed by atoms with E-state index in [1.54, 1.807) is 14.0 Å². The normalized spacial score (nSPS) is 30.5. The fraction of sp³-hybridized carbons (Fsp3) is 0.500. The Morgan fingerprint density at radius 1 is 1.57 bits per heavy atom. The number of aliphatic hydroxyl groups is 2. The van der Waals surface area contributed by atoms with Crippen LogP contribution in [0.25, 0.3) is 11.2 Å². The van der Waals surface area contributed by atoms with E-state index in [1.807, 2.05) is 5.92 Å². The second-order valence-electron chi connectivity index (χ2n) is 5.26. The van der Waals surface area contributed by atoms with E-state index in [1.165, 1.54) is 10.9 Å². The van der Waals surface area contributed by atoms with E-state index >= 15 is 4.39 Å². The molecule has 0 aromatic carbocycles. The average Bonchev–Trinajstić information content (AvgIpc) is 3.07. The van der Waals surface area contributed by atoms with Crippen molar-refractivity contribution in [2.75, 3.05) is 19.0 Å². The molecule has 3 N–H and O–H groups in total. The fourth-order valence-corrected chi connectivity index (χ4v) is 2.69. The SMILES string of the molecule is C#C[C@@]1(F)[C@H](O)[C@@H](CO)O[C@H]1n1cnc2c(NC)nc(C)nc21. The van der Waals surface area contributed by atoms with E-state index in [4.69, 9.17) is 11.2 Å². The Labute approximate surface area is 131 Å². The Bertz CT molecular complexity index is 789. The number of aromatic nitrogens is 4. The van der Waals surface area contributed by atoms with Crippen LogP contribution >= 0.6 is 0 Å². The highest BCUT2D eigenvalue weighted by Crippen LogP contribution is 2.42. The van der Waals surface area contributed by atoms with Crippen molar-refractivity contribution in [1.82, 2.24) is 19.5 Å². The lowest BCUT2D eigenvalue weighted by atomic mass is 9.97. The molecule has 2 aromatic heterocycles. The number of anilines is 1. The second kappa shape index (κ2) is 5.42. The van der Waals surface area contributed by atoms with Gasteiger partial charge >= 0.3 is 0 Å². The molecule has 0 saturated carbocycles. The molecule has 1 aliphatic rings. The van der Waals surface area contributed by atoms with Crippen LogP contribution in [0, 0.1) is 19.3 Å². The highest BCUT2D eigenvalue weighted by molar-refractivity contribution is 5.83. The number of fused-ring (bicyclic) bond motifs is 1. The molecule has 9 heteroatoms. The van der Waals surface area contributed by atoms with Gasteiger partial charge in [0.05, 0.1) is 12.9 Å². The van der Waals surface area contributed by atoms with E-state index in [9.17, 15) is 10.2 Å². The monoisotopic (exact) mass is 321 g/mol. The first-order chi connectivity index (χ1) is 11.0. The van der Waals surface area contributed by atoms with Crippen LogP contribution in [0.5, 0.6) is 0 Å². The number of hydrogen-bond acceptors (Lipinski definition) is 7.